The molecule has 0 saturated heterocycles. The minimum atomic E-state index is -3.88. The Balaban J connectivity index is 1.74. The van der Waals surface area contributed by atoms with Crippen molar-refractivity contribution in [2.45, 2.75) is 23.6 Å². The van der Waals surface area contributed by atoms with Crippen molar-refractivity contribution in [1.29, 1.82) is 0 Å². The fourth-order valence-electron chi connectivity index (χ4n) is 3.25. The van der Waals surface area contributed by atoms with Crippen molar-refractivity contribution in [3.8, 4) is 0 Å². The monoisotopic (exact) mass is 391 g/mol. The van der Waals surface area contributed by atoms with Crippen molar-refractivity contribution in [2.75, 3.05) is 5.32 Å². The molecule has 0 radical (unpaired) electrons. The molecule has 1 N–H and O–H groups in total. The Labute approximate surface area is 162 Å². The highest BCUT2D eigenvalue weighted by atomic mass is 32.2. The van der Waals surface area contributed by atoms with Gasteiger partial charge < -0.3 is 5.32 Å². The van der Waals surface area contributed by atoms with E-state index in [1.165, 1.54) is 30.3 Å². The third kappa shape index (κ3) is 2.82. The lowest BCUT2D eigenvalue weighted by atomic mass is 10.0. The lowest BCUT2D eigenvalue weighted by Crippen LogP contribution is -2.21. The molecule has 140 valence electrons. The SMILES string of the molecule is Cc1ccc(NC(=O)c2ccc3c(c2)S(=O)(=O)c2ccccc2C3=O)cc1C. The molecule has 0 spiro atoms. The van der Waals surface area contributed by atoms with Crippen LogP contribution in [0.25, 0.3) is 0 Å². The largest absolute Gasteiger partial charge is 0.322 e. The smallest absolute Gasteiger partial charge is 0.255 e. The molecule has 1 aliphatic heterocycles. The third-order valence-electron chi connectivity index (χ3n) is 4.96. The normalized spacial score (nSPS) is 14.1. The van der Waals surface area contributed by atoms with Gasteiger partial charge in [0.15, 0.2) is 5.78 Å². The van der Waals surface area contributed by atoms with Crippen LogP contribution in [0.15, 0.2) is 70.5 Å². The second-order valence-electron chi connectivity index (χ2n) is 6.79. The topological polar surface area (TPSA) is 80.3 Å². The third-order valence-corrected chi connectivity index (χ3v) is 6.82. The van der Waals surface area contributed by atoms with Crippen molar-refractivity contribution in [3.63, 3.8) is 0 Å². The molecule has 0 atom stereocenters. The molecular formula is C22H17NO4S. The predicted molar refractivity (Wildman–Crippen MR) is 106 cm³/mol. The number of ketones is 1. The van der Waals surface area contributed by atoms with E-state index in [2.05, 4.69) is 5.32 Å². The van der Waals surface area contributed by atoms with Gasteiger partial charge in [-0.25, -0.2) is 8.42 Å². The highest BCUT2D eigenvalue weighted by molar-refractivity contribution is 7.91. The van der Waals surface area contributed by atoms with E-state index < -0.39 is 15.7 Å². The molecule has 6 heteroatoms. The standard InChI is InChI=1S/C22H17NO4S/c1-13-7-9-16(11-14(13)2)23-22(25)15-8-10-18-20(12-15)28(26,27)19-6-4-3-5-17(19)21(18)24/h3-12H,1-2H3,(H,23,25). The number of nitrogens with one attached hydrogen (secondary N) is 1. The molecular weight excluding hydrogens is 374 g/mol. The number of fused-ring (bicyclic) bond motifs is 2. The second kappa shape index (κ2) is 6.42. The maximum absolute atomic E-state index is 13.0. The number of amides is 1. The molecule has 4 rings (SSSR count). The van der Waals surface area contributed by atoms with E-state index in [-0.39, 0.29) is 32.3 Å². The Hall–Kier alpha value is -3.25. The van der Waals surface area contributed by atoms with Gasteiger partial charge in [-0.15, -0.1) is 0 Å². The molecule has 1 heterocycles. The van der Waals surface area contributed by atoms with Crippen molar-refractivity contribution < 1.29 is 18.0 Å². The number of hydrogen-bond donors (Lipinski definition) is 1. The number of carbonyl (C=O) groups excluding carboxylic acids is 2. The molecule has 0 fully saturated rings. The number of hydrogen-bond acceptors (Lipinski definition) is 4. The minimum Gasteiger partial charge on any atom is -0.322 e. The summed E-state index contributed by atoms with van der Waals surface area (Å²) in [6, 6.07) is 15.8. The summed E-state index contributed by atoms with van der Waals surface area (Å²) >= 11 is 0. The average Bonchev–Trinajstić information content (AvgIpc) is 2.69. The molecule has 3 aromatic rings. The van der Waals surface area contributed by atoms with Crippen LogP contribution in [0.4, 0.5) is 5.69 Å². The molecule has 0 aromatic heterocycles. The Morgan fingerprint density at radius 3 is 2.29 bits per heavy atom. The maximum atomic E-state index is 13.0. The van der Waals surface area contributed by atoms with Crippen molar-refractivity contribution >= 4 is 27.2 Å². The first kappa shape index (κ1) is 18.1. The number of carbonyl (C=O) groups is 2. The molecule has 0 unspecified atom stereocenters. The number of sulfone groups is 1. The van der Waals surface area contributed by atoms with Gasteiger partial charge in [0.05, 0.1) is 9.79 Å². The lowest BCUT2D eigenvalue weighted by molar-refractivity contribution is 0.101. The number of benzene rings is 3. The molecule has 1 aliphatic rings. The van der Waals surface area contributed by atoms with Gasteiger partial charge in [-0.2, -0.15) is 0 Å². The van der Waals surface area contributed by atoms with Gasteiger partial charge >= 0.3 is 0 Å². The summed E-state index contributed by atoms with van der Waals surface area (Å²) in [5.74, 6) is -0.797. The summed E-state index contributed by atoms with van der Waals surface area (Å²) in [7, 11) is -3.88. The summed E-state index contributed by atoms with van der Waals surface area (Å²) in [5.41, 5.74) is 3.18. The highest BCUT2D eigenvalue weighted by Crippen LogP contribution is 2.34. The summed E-state index contributed by atoms with van der Waals surface area (Å²) in [6.45, 7) is 3.92. The van der Waals surface area contributed by atoms with Crippen LogP contribution in [-0.4, -0.2) is 20.1 Å². The van der Waals surface area contributed by atoms with E-state index in [1.807, 2.05) is 26.0 Å². The maximum Gasteiger partial charge on any atom is 0.255 e. The molecule has 3 aromatic carbocycles. The van der Waals surface area contributed by atoms with Gasteiger partial charge in [-0.05, 0) is 67.4 Å². The summed E-state index contributed by atoms with van der Waals surface area (Å²) < 4.78 is 25.9. The molecule has 0 aliphatic carbocycles. The summed E-state index contributed by atoms with van der Waals surface area (Å²) in [6.07, 6.45) is 0. The fraction of sp³-hybridized carbons (Fsp3) is 0.0909. The second-order valence-corrected chi connectivity index (χ2v) is 8.68. The highest BCUT2D eigenvalue weighted by Gasteiger charge is 2.35. The van der Waals surface area contributed by atoms with Gasteiger partial charge in [-0.1, -0.05) is 18.2 Å². The van der Waals surface area contributed by atoms with Crippen LogP contribution in [0, 0.1) is 13.8 Å². The molecule has 28 heavy (non-hydrogen) atoms. The van der Waals surface area contributed by atoms with Gasteiger partial charge in [0, 0.05) is 22.4 Å². The zero-order chi connectivity index (χ0) is 20.1. The van der Waals surface area contributed by atoms with Crippen LogP contribution >= 0.6 is 0 Å². The zero-order valence-electron chi connectivity index (χ0n) is 15.3. The van der Waals surface area contributed by atoms with Crippen LogP contribution in [0.2, 0.25) is 0 Å². The Bertz CT molecular complexity index is 1260. The minimum absolute atomic E-state index is 0.0285. The van der Waals surface area contributed by atoms with Crippen LogP contribution < -0.4 is 5.32 Å². The first-order valence-electron chi connectivity index (χ1n) is 8.70. The number of rotatable bonds is 2. The van der Waals surface area contributed by atoms with E-state index >= 15 is 0 Å². The van der Waals surface area contributed by atoms with Crippen LogP contribution in [0.5, 0.6) is 0 Å². The van der Waals surface area contributed by atoms with Crippen LogP contribution in [0.1, 0.15) is 37.4 Å². The molecule has 0 bridgehead atoms. The quantitative estimate of drug-likeness (QED) is 0.561. The first-order chi connectivity index (χ1) is 13.3. The number of aryl methyl sites for hydroxylation is 2. The zero-order valence-corrected chi connectivity index (χ0v) is 16.1. The Kier molecular flexibility index (Phi) is 4.16. The van der Waals surface area contributed by atoms with Gasteiger partial charge in [-0.3, -0.25) is 9.59 Å². The molecule has 1 amide bonds. The number of anilines is 1. The van der Waals surface area contributed by atoms with E-state index in [4.69, 9.17) is 0 Å². The Morgan fingerprint density at radius 1 is 0.821 bits per heavy atom. The van der Waals surface area contributed by atoms with Crippen LogP contribution in [0.3, 0.4) is 0 Å². The van der Waals surface area contributed by atoms with Gasteiger partial charge in [0.25, 0.3) is 5.91 Å². The van der Waals surface area contributed by atoms with Gasteiger partial charge in [0.1, 0.15) is 0 Å². The van der Waals surface area contributed by atoms with Gasteiger partial charge in [0.2, 0.25) is 9.84 Å². The van der Waals surface area contributed by atoms with E-state index in [9.17, 15) is 18.0 Å². The average molecular weight is 391 g/mol. The molecule has 0 saturated carbocycles. The summed E-state index contributed by atoms with van der Waals surface area (Å²) in [4.78, 5) is 25.2. The van der Waals surface area contributed by atoms with Crippen molar-refractivity contribution in [1.82, 2.24) is 0 Å². The molecule has 5 nitrogen and oxygen atoms in total. The van der Waals surface area contributed by atoms with Crippen LogP contribution in [-0.2, 0) is 9.84 Å². The van der Waals surface area contributed by atoms with E-state index in [0.717, 1.165) is 11.1 Å². The Morgan fingerprint density at radius 2 is 1.54 bits per heavy atom. The van der Waals surface area contributed by atoms with Crippen molar-refractivity contribution in [2.24, 2.45) is 0 Å². The fourth-order valence-corrected chi connectivity index (χ4v) is 4.93. The lowest BCUT2D eigenvalue weighted by Gasteiger charge is -2.19. The summed E-state index contributed by atoms with van der Waals surface area (Å²) in [5, 5.41) is 2.77. The van der Waals surface area contributed by atoms with E-state index in [0.29, 0.717) is 5.69 Å². The first-order valence-corrected chi connectivity index (χ1v) is 10.2. The van der Waals surface area contributed by atoms with Crippen molar-refractivity contribution in [3.05, 3.63) is 88.5 Å². The predicted octanol–water partition coefficient (Wildman–Crippen LogP) is 3.93. The van der Waals surface area contributed by atoms with E-state index in [1.54, 1.807) is 18.2 Å².